The van der Waals surface area contributed by atoms with Gasteiger partial charge in [0.25, 0.3) is 0 Å². The Kier molecular flexibility index (Phi) is 2.04. The number of hydrogen-bond acceptors (Lipinski definition) is 5. The first-order valence-corrected chi connectivity index (χ1v) is 4.93. The highest BCUT2D eigenvalue weighted by Crippen LogP contribution is 2.17. The molecule has 7 heteroatoms. The van der Waals surface area contributed by atoms with Gasteiger partial charge in [0.05, 0.1) is 5.69 Å². The third-order valence-corrected chi connectivity index (χ3v) is 2.35. The monoisotopic (exact) mass is 230 g/mol. The van der Waals surface area contributed by atoms with Gasteiger partial charge in [-0.3, -0.25) is 4.98 Å². The van der Waals surface area contributed by atoms with E-state index in [4.69, 9.17) is 0 Å². The van der Waals surface area contributed by atoms with Crippen LogP contribution in [-0.4, -0.2) is 30.0 Å². The van der Waals surface area contributed by atoms with Gasteiger partial charge < -0.3 is 0 Å². The lowest BCUT2D eigenvalue weighted by Gasteiger charge is -2.03. The molecule has 0 aliphatic rings. The van der Waals surface area contributed by atoms with Crippen molar-refractivity contribution < 1.29 is 4.39 Å². The van der Waals surface area contributed by atoms with E-state index in [0.717, 1.165) is 0 Å². The Balaban J connectivity index is 2.38. The van der Waals surface area contributed by atoms with Crippen molar-refractivity contribution >= 4 is 5.65 Å². The second-order valence-corrected chi connectivity index (χ2v) is 3.46. The normalized spacial score (nSPS) is 10.9. The molecule has 0 aromatic carbocycles. The fourth-order valence-corrected chi connectivity index (χ4v) is 1.54. The number of aromatic nitrogens is 6. The van der Waals surface area contributed by atoms with Crippen LogP contribution in [0.25, 0.3) is 17.2 Å². The molecule has 0 bridgehead atoms. The summed E-state index contributed by atoms with van der Waals surface area (Å²) in [5.74, 6) is -0.0980. The molecule has 17 heavy (non-hydrogen) atoms. The van der Waals surface area contributed by atoms with Gasteiger partial charge in [-0.1, -0.05) is 6.07 Å². The Morgan fingerprint density at radius 3 is 2.94 bits per heavy atom. The fraction of sp³-hybridized carbons (Fsp3) is 0.100. The summed E-state index contributed by atoms with van der Waals surface area (Å²) in [6, 6.07) is 5.37. The van der Waals surface area contributed by atoms with E-state index in [2.05, 4.69) is 25.5 Å². The van der Waals surface area contributed by atoms with Crippen molar-refractivity contribution in [2.75, 3.05) is 0 Å². The molecule has 3 aromatic rings. The summed E-state index contributed by atoms with van der Waals surface area (Å²) in [7, 11) is 0. The summed E-state index contributed by atoms with van der Waals surface area (Å²) in [5, 5.41) is 10.8. The number of halogens is 1. The molecule has 0 saturated heterocycles. The van der Waals surface area contributed by atoms with E-state index in [9.17, 15) is 4.39 Å². The highest BCUT2D eigenvalue weighted by atomic mass is 19.1. The van der Waals surface area contributed by atoms with Crippen LogP contribution < -0.4 is 0 Å². The molecule has 3 aromatic heterocycles. The van der Waals surface area contributed by atoms with E-state index in [1.807, 2.05) is 6.07 Å². The van der Waals surface area contributed by atoms with Gasteiger partial charge in [-0.25, -0.2) is 9.37 Å². The Morgan fingerprint density at radius 1 is 1.29 bits per heavy atom. The first-order chi connectivity index (χ1) is 8.27. The minimum Gasteiger partial charge on any atom is -0.253 e. The van der Waals surface area contributed by atoms with Gasteiger partial charge in [-0.2, -0.15) is 4.52 Å². The smallest absolute Gasteiger partial charge is 0.219 e. The zero-order chi connectivity index (χ0) is 11.8. The summed E-state index contributed by atoms with van der Waals surface area (Å²) in [5.41, 5.74) is 0.888. The zero-order valence-corrected chi connectivity index (χ0v) is 8.87. The van der Waals surface area contributed by atoms with Crippen LogP contribution in [0.1, 0.15) is 5.69 Å². The summed E-state index contributed by atoms with van der Waals surface area (Å²) in [6.45, 7) is 1.57. The predicted octanol–water partition coefficient (Wildman–Crippen LogP) is 1.03. The number of nitrogens with zero attached hydrogens (tertiary/aromatic N) is 6. The lowest BCUT2D eigenvalue weighted by atomic mass is 10.3. The average molecular weight is 230 g/mol. The maximum atomic E-state index is 13.7. The maximum absolute atomic E-state index is 13.7. The van der Waals surface area contributed by atoms with Crippen molar-refractivity contribution in [3.8, 4) is 11.5 Å². The molecule has 0 aliphatic heterocycles. The van der Waals surface area contributed by atoms with Crippen LogP contribution in [0.5, 0.6) is 0 Å². The highest BCUT2D eigenvalue weighted by molar-refractivity contribution is 5.55. The molecule has 0 radical (unpaired) electrons. The number of aryl methyl sites for hydroxylation is 1. The van der Waals surface area contributed by atoms with E-state index in [-0.39, 0.29) is 11.3 Å². The predicted molar refractivity (Wildman–Crippen MR) is 56.5 cm³/mol. The standard InChI is InChI=1S/C10H7FN6/c1-6-8(11)10-14-15-16-17(10)9(13-6)7-4-2-3-5-12-7/h2-5H,1H3. The van der Waals surface area contributed by atoms with Gasteiger partial charge in [0, 0.05) is 6.20 Å². The van der Waals surface area contributed by atoms with Crippen molar-refractivity contribution in [1.82, 2.24) is 30.0 Å². The SMILES string of the molecule is Cc1nc(-c2ccccn2)n2nnnc2c1F. The number of hydrogen-bond donors (Lipinski definition) is 0. The second kappa shape index (κ2) is 3.55. The summed E-state index contributed by atoms with van der Waals surface area (Å²) >= 11 is 0. The third kappa shape index (κ3) is 1.43. The van der Waals surface area contributed by atoms with Crippen molar-refractivity contribution in [1.29, 1.82) is 0 Å². The molecular formula is C10H7FN6. The first kappa shape index (κ1) is 9.76. The van der Waals surface area contributed by atoms with Crippen molar-refractivity contribution in [3.63, 3.8) is 0 Å². The minimum atomic E-state index is -0.519. The molecule has 0 fully saturated rings. The van der Waals surface area contributed by atoms with Crippen LogP contribution in [0.4, 0.5) is 4.39 Å². The van der Waals surface area contributed by atoms with Crippen LogP contribution in [0, 0.1) is 12.7 Å². The van der Waals surface area contributed by atoms with E-state index in [0.29, 0.717) is 11.5 Å². The van der Waals surface area contributed by atoms with Crippen LogP contribution in [-0.2, 0) is 0 Å². The molecule has 0 aliphatic carbocycles. The molecule has 3 rings (SSSR count). The number of tetrazole rings is 1. The Bertz CT molecular complexity index is 678. The summed E-state index contributed by atoms with van der Waals surface area (Å²) in [4.78, 5) is 8.27. The molecule has 0 saturated carbocycles. The number of rotatable bonds is 1. The molecule has 0 atom stereocenters. The molecule has 0 amide bonds. The average Bonchev–Trinajstić information content (AvgIpc) is 2.84. The lowest BCUT2D eigenvalue weighted by Crippen LogP contribution is -2.04. The van der Waals surface area contributed by atoms with E-state index in [1.54, 1.807) is 25.3 Å². The molecule has 0 spiro atoms. The Hall–Kier alpha value is -2.44. The largest absolute Gasteiger partial charge is 0.253 e. The molecule has 84 valence electrons. The number of pyridine rings is 1. The van der Waals surface area contributed by atoms with Crippen LogP contribution in [0.15, 0.2) is 24.4 Å². The first-order valence-electron chi connectivity index (χ1n) is 4.93. The maximum Gasteiger partial charge on any atom is 0.219 e. The number of fused-ring (bicyclic) bond motifs is 1. The van der Waals surface area contributed by atoms with Crippen LogP contribution >= 0.6 is 0 Å². The van der Waals surface area contributed by atoms with Gasteiger partial charge >= 0.3 is 0 Å². The molecule has 0 unspecified atom stereocenters. The molecule has 3 heterocycles. The highest BCUT2D eigenvalue weighted by Gasteiger charge is 2.15. The van der Waals surface area contributed by atoms with Gasteiger partial charge in [0.15, 0.2) is 11.6 Å². The van der Waals surface area contributed by atoms with Crippen molar-refractivity contribution in [2.45, 2.75) is 6.92 Å². The van der Waals surface area contributed by atoms with Crippen LogP contribution in [0.3, 0.4) is 0 Å². The van der Waals surface area contributed by atoms with Crippen molar-refractivity contribution in [2.24, 2.45) is 0 Å². The molecule has 0 N–H and O–H groups in total. The van der Waals surface area contributed by atoms with Crippen LogP contribution in [0.2, 0.25) is 0 Å². The Labute approximate surface area is 95.1 Å². The second-order valence-electron chi connectivity index (χ2n) is 3.46. The van der Waals surface area contributed by atoms with Gasteiger partial charge in [0.1, 0.15) is 5.69 Å². The quantitative estimate of drug-likeness (QED) is 0.624. The zero-order valence-electron chi connectivity index (χ0n) is 8.87. The summed E-state index contributed by atoms with van der Waals surface area (Å²) < 4.78 is 14.9. The lowest BCUT2D eigenvalue weighted by molar-refractivity contribution is 0.607. The van der Waals surface area contributed by atoms with Crippen molar-refractivity contribution in [3.05, 3.63) is 35.9 Å². The van der Waals surface area contributed by atoms with Gasteiger partial charge in [-0.15, -0.1) is 5.10 Å². The van der Waals surface area contributed by atoms with Gasteiger partial charge in [-0.05, 0) is 29.5 Å². The van der Waals surface area contributed by atoms with E-state index < -0.39 is 5.82 Å². The van der Waals surface area contributed by atoms with E-state index in [1.165, 1.54) is 4.52 Å². The Morgan fingerprint density at radius 2 is 2.18 bits per heavy atom. The third-order valence-electron chi connectivity index (χ3n) is 2.35. The fourth-order valence-electron chi connectivity index (χ4n) is 1.54. The van der Waals surface area contributed by atoms with Gasteiger partial charge in [0.2, 0.25) is 5.65 Å². The minimum absolute atomic E-state index is 0.0538. The molecular weight excluding hydrogens is 223 g/mol. The molecule has 6 nitrogen and oxygen atoms in total. The summed E-state index contributed by atoms with van der Waals surface area (Å²) in [6.07, 6.45) is 1.63. The van der Waals surface area contributed by atoms with E-state index >= 15 is 0 Å². The topological polar surface area (TPSA) is 68.9 Å².